The van der Waals surface area contributed by atoms with Gasteiger partial charge in [0.15, 0.2) is 0 Å². The van der Waals surface area contributed by atoms with Crippen molar-refractivity contribution in [3.8, 4) is 5.75 Å². The molecule has 3 atom stereocenters. The fourth-order valence-electron chi connectivity index (χ4n) is 3.75. The van der Waals surface area contributed by atoms with Crippen LogP contribution < -0.4 is 4.74 Å². The predicted molar refractivity (Wildman–Crippen MR) is 71.6 cm³/mol. The zero-order valence-electron chi connectivity index (χ0n) is 11.0. The van der Waals surface area contributed by atoms with E-state index in [1.165, 1.54) is 24.8 Å². The van der Waals surface area contributed by atoms with Crippen LogP contribution in [0.3, 0.4) is 0 Å². The summed E-state index contributed by atoms with van der Waals surface area (Å²) in [5.41, 5.74) is 1.29. The van der Waals surface area contributed by atoms with Crippen molar-refractivity contribution in [1.29, 1.82) is 0 Å². The van der Waals surface area contributed by atoms with Crippen molar-refractivity contribution in [2.45, 2.75) is 38.2 Å². The van der Waals surface area contributed by atoms with E-state index in [2.05, 4.69) is 12.1 Å². The van der Waals surface area contributed by atoms with Crippen LogP contribution in [0.2, 0.25) is 0 Å². The molecule has 0 heterocycles. The lowest BCUT2D eigenvalue weighted by molar-refractivity contribution is 0.126. The van der Waals surface area contributed by atoms with E-state index in [0.29, 0.717) is 5.92 Å². The molecule has 2 aliphatic carbocycles. The van der Waals surface area contributed by atoms with Gasteiger partial charge in [-0.1, -0.05) is 18.6 Å². The quantitative estimate of drug-likeness (QED) is 0.865. The number of hydrogen-bond donors (Lipinski definition) is 1. The Morgan fingerprint density at radius 3 is 2.50 bits per heavy atom. The highest BCUT2D eigenvalue weighted by Crippen LogP contribution is 2.59. The number of rotatable bonds is 5. The summed E-state index contributed by atoms with van der Waals surface area (Å²) in [4.78, 5) is 0. The summed E-state index contributed by atoms with van der Waals surface area (Å²) < 4.78 is 5.14. The Morgan fingerprint density at radius 1 is 1.22 bits per heavy atom. The molecular weight excluding hydrogens is 224 g/mol. The van der Waals surface area contributed by atoms with Crippen molar-refractivity contribution in [3.63, 3.8) is 0 Å². The van der Waals surface area contributed by atoms with Crippen LogP contribution >= 0.6 is 0 Å². The first-order valence-corrected chi connectivity index (χ1v) is 7.10. The summed E-state index contributed by atoms with van der Waals surface area (Å²) in [6.45, 7) is 0. The molecule has 0 saturated heterocycles. The summed E-state index contributed by atoms with van der Waals surface area (Å²) in [6, 6.07) is 8.18. The first-order chi connectivity index (χ1) is 8.79. The zero-order chi connectivity index (χ0) is 12.5. The maximum absolute atomic E-state index is 10.2. The Labute approximate surface area is 109 Å². The number of ether oxygens (including phenoxy) is 1. The minimum absolute atomic E-state index is 0.0811. The molecule has 0 spiro atoms. The van der Waals surface area contributed by atoms with Gasteiger partial charge in [-0.3, -0.25) is 0 Å². The van der Waals surface area contributed by atoms with Crippen LogP contribution in [0, 0.1) is 17.8 Å². The van der Waals surface area contributed by atoms with Gasteiger partial charge in [-0.2, -0.15) is 0 Å². The normalized spacial score (nSPS) is 30.9. The Hall–Kier alpha value is -1.02. The van der Waals surface area contributed by atoms with Gasteiger partial charge in [0.2, 0.25) is 0 Å². The van der Waals surface area contributed by atoms with E-state index in [1.807, 2.05) is 12.1 Å². The summed E-state index contributed by atoms with van der Waals surface area (Å²) >= 11 is 0. The number of aryl methyl sites for hydroxylation is 1. The molecule has 0 aromatic heterocycles. The van der Waals surface area contributed by atoms with Gasteiger partial charge in [0.25, 0.3) is 0 Å². The summed E-state index contributed by atoms with van der Waals surface area (Å²) in [7, 11) is 1.69. The molecule has 0 aliphatic heterocycles. The van der Waals surface area contributed by atoms with Gasteiger partial charge < -0.3 is 9.84 Å². The van der Waals surface area contributed by atoms with Gasteiger partial charge in [0, 0.05) is 0 Å². The minimum Gasteiger partial charge on any atom is -0.497 e. The van der Waals surface area contributed by atoms with Crippen LogP contribution in [-0.4, -0.2) is 18.3 Å². The van der Waals surface area contributed by atoms with E-state index < -0.39 is 0 Å². The lowest BCUT2D eigenvalue weighted by Gasteiger charge is -2.12. The molecule has 1 aromatic carbocycles. The van der Waals surface area contributed by atoms with Crippen molar-refractivity contribution in [3.05, 3.63) is 29.8 Å². The van der Waals surface area contributed by atoms with E-state index in [4.69, 9.17) is 4.74 Å². The minimum atomic E-state index is -0.0811. The van der Waals surface area contributed by atoms with E-state index in [9.17, 15) is 5.11 Å². The fraction of sp³-hybridized carbons (Fsp3) is 0.625. The highest BCUT2D eigenvalue weighted by molar-refractivity contribution is 5.27. The number of benzene rings is 1. The van der Waals surface area contributed by atoms with Crippen LogP contribution in [0.4, 0.5) is 0 Å². The van der Waals surface area contributed by atoms with Crippen molar-refractivity contribution in [2.75, 3.05) is 7.11 Å². The smallest absolute Gasteiger partial charge is 0.118 e. The fourth-order valence-corrected chi connectivity index (χ4v) is 3.75. The van der Waals surface area contributed by atoms with Crippen molar-refractivity contribution < 1.29 is 9.84 Å². The number of methoxy groups -OCH3 is 1. The highest BCUT2D eigenvalue weighted by atomic mass is 16.5. The lowest BCUT2D eigenvalue weighted by atomic mass is 10.00. The molecule has 0 amide bonds. The third kappa shape index (κ3) is 2.26. The second-order valence-corrected chi connectivity index (χ2v) is 5.79. The van der Waals surface area contributed by atoms with E-state index in [-0.39, 0.29) is 6.10 Å². The second-order valence-electron chi connectivity index (χ2n) is 5.79. The van der Waals surface area contributed by atoms with Crippen LogP contribution in [0.25, 0.3) is 0 Å². The molecule has 3 rings (SSSR count). The summed E-state index contributed by atoms with van der Waals surface area (Å²) in [5.74, 6) is 3.24. The average molecular weight is 246 g/mol. The molecule has 18 heavy (non-hydrogen) atoms. The predicted octanol–water partition coefficient (Wildman–Crippen LogP) is 3.03. The van der Waals surface area contributed by atoms with Gasteiger partial charge in [-0.15, -0.1) is 0 Å². The van der Waals surface area contributed by atoms with Crippen molar-refractivity contribution in [1.82, 2.24) is 0 Å². The molecule has 2 aliphatic rings. The molecule has 2 saturated carbocycles. The van der Waals surface area contributed by atoms with Gasteiger partial charge in [0.05, 0.1) is 13.2 Å². The zero-order valence-corrected chi connectivity index (χ0v) is 11.0. The molecule has 2 fully saturated rings. The second kappa shape index (κ2) is 4.93. The molecule has 1 aromatic rings. The van der Waals surface area contributed by atoms with Gasteiger partial charge in [-0.05, 0) is 61.1 Å². The maximum Gasteiger partial charge on any atom is 0.118 e. The SMILES string of the molecule is COc1ccc(CCC(O)C2C3CCCC32)cc1. The lowest BCUT2D eigenvalue weighted by Crippen LogP contribution is -2.14. The summed E-state index contributed by atoms with van der Waals surface area (Å²) in [5, 5.41) is 10.2. The van der Waals surface area contributed by atoms with Gasteiger partial charge >= 0.3 is 0 Å². The third-order valence-corrected chi connectivity index (χ3v) is 4.80. The topological polar surface area (TPSA) is 29.5 Å². The van der Waals surface area contributed by atoms with Crippen LogP contribution in [-0.2, 0) is 6.42 Å². The Bertz CT molecular complexity index is 388. The molecular formula is C16H22O2. The van der Waals surface area contributed by atoms with E-state index >= 15 is 0 Å². The number of hydrogen-bond acceptors (Lipinski definition) is 2. The number of fused-ring (bicyclic) bond motifs is 1. The maximum atomic E-state index is 10.2. The van der Waals surface area contributed by atoms with Crippen molar-refractivity contribution >= 4 is 0 Å². The van der Waals surface area contributed by atoms with E-state index in [0.717, 1.165) is 30.4 Å². The van der Waals surface area contributed by atoms with Crippen molar-refractivity contribution in [2.24, 2.45) is 17.8 Å². The number of aliphatic hydroxyl groups excluding tert-OH is 1. The third-order valence-electron chi connectivity index (χ3n) is 4.80. The first kappa shape index (κ1) is 12.0. The molecule has 2 nitrogen and oxygen atoms in total. The molecule has 0 radical (unpaired) electrons. The standard InChI is InChI=1S/C16H22O2/c1-18-12-8-5-11(6-9-12)7-10-15(17)16-13-3-2-4-14(13)16/h5-6,8-9,13-17H,2-4,7,10H2,1H3. The van der Waals surface area contributed by atoms with Crippen LogP contribution in [0.5, 0.6) is 5.75 Å². The highest BCUT2D eigenvalue weighted by Gasteiger charge is 2.55. The Morgan fingerprint density at radius 2 is 1.89 bits per heavy atom. The summed E-state index contributed by atoms with van der Waals surface area (Å²) in [6.07, 6.45) is 5.90. The Kier molecular flexibility index (Phi) is 3.29. The average Bonchev–Trinajstić information content (AvgIpc) is 2.90. The monoisotopic (exact) mass is 246 g/mol. The van der Waals surface area contributed by atoms with E-state index in [1.54, 1.807) is 7.11 Å². The first-order valence-electron chi connectivity index (χ1n) is 7.10. The van der Waals surface area contributed by atoms with Crippen LogP contribution in [0.15, 0.2) is 24.3 Å². The van der Waals surface area contributed by atoms with Gasteiger partial charge in [0.1, 0.15) is 5.75 Å². The van der Waals surface area contributed by atoms with Gasteiger partial charge in [-0.25, -0.2) is 0 Å². The molecule has 3 unspecified atom stereocenters. The molecule has 0 bridgehead atoms. The molecule has 2 heteroatoms. The number of aliphatic hydroxyl groups is 1. The Balaban J connectivity index is 1.48. The molecule has 98 valence electrons. The van der Waals surface area contributed by atoms with Crippen LogP contribution in [0.1, 0.15) is 31.2 Å². The molecule has 1 N–H and O–H groups in total. The largest absolute Gasteiger partial charge is 0.497 e.